The van der Waals surface area contributed by atoms with Gasteiger partial charge >= 0.3 is 0 Å². The summed E-state index contributed by atoms with van der Waals surface area (Å²) in [5, 5.41) is 12.1. The number of hydrogen-bond acceptors (Lipinski definition) is 7. The van der Waals surface area contributed by atoms with Crippen molar-refractivity contribution in [2.24, 2.45) is 4.99 Å². The van der Waals surface area contributed by atoms with Gasteiger partial charge in [0, 0.05) is 23.4 Å². The fourth-order valence-electron chi connectivity index (χ4n) is 2.06. The van der Waals surface area contributed by atoms with Crippen LogP contribution in [0.2, 0.25) is 0 Å². The monoisotopic (exact) mass is 311 g/mol. The van der Waals surface area contributed by atoms with Crippen LogP contribution in [-0.2, 0) is 0 Å². The third-order valence-corrected chi connectivity index (χ3v) is 3.99. The molecule has 0 saturated carbocycles. The molecule has 0 aliphatic heterocycles. The van der Waals surface area contributed by atoms with E-state index in [2.05, 4.69) is 24.9 Å². The zero-order chi connectivity index (χ0) is 15.5. The van der Waals surface area contributed by atoms with Crippen molar-refractivity contribution in [2.45, 2.75) is 13.8 Å². The number of rotatable bonds is 3. The Kier molecular flexibility index (Phi) is 3.88. The number of aromatic hydroxyl groups is 1. The van der Waals surface area contributed by atoms with Crippen LogP contribution < -0.4 is 0 Å². The third kappa shape index (κ3) is 2.46. The van der Waals surface area contributed by atoms with Crippen LogP contribution in [0.4, 0.5) is 0 Å². The first-order valence-corrected chi connectivity index (χ1v) is 7.52. The predicted molar refractivity (Wildman–Crippen MR) is 87.9 cm³/mol. The molecule has 7 heteroatoms. The molecule has 3 heterocycles. The number of nitrogens with zero attached hydrogens (tertiary/aromatic N) is 5. The molecular weight excluding hydrogens is 298 g/mol. The van der Waals surface area contributed by atoms with E-state index in [1.807, 2.05) is 25.3 Å². The lowest BCUT2D eigenvalue weighted by Gasteiger charge is -2.03. The Morgan fingerprint density at radius 2 is 2.18 bits per heavy atom. The molecule has 110 valence electrons. The van der Waals surface area contributed by atoms with Crippen molar-refractivity contribution in [1.29, 1.82) is 0 Å². The molecule has 0 spiro atoms. The van der Waals surface area contributed by atoms with E-state index in [-0.39, 0.29) is 5.88 Å². The Hall–Kier alpha value is -2.67. The average molecular weight is 311 g/mol. The van der Waals surface area contributed by atoms with E-state index in [0.717, 1.165) is 11.3 Å². The van der Waals surface area contributed by atoms with Crippen LogP contribution in [0.25, 0.3) is 27.4 Å². The van der Waals surface area contributed by atoms with Gasteiger partial charge in [0.1, 0.15) is 16.7 Å². The molecule has 0 aliphatic rings. The highest BCUT2D eigenvalue weighted by molar-refractivity contribution is 7.17. The molecule has 0 saturated heterocycles. The predicted octanol–water partition coefficient (Wildman–Crippen LogP) is 3.31. The molecule has 3 aromatic rings. The van der Waals surface area contributed by atoms with E-state index < -0.39 is 0 Å². The summed E-state index contributed by atoms with van der Waals surface area (Å²) in [5.41, 5.74) is 2.91. The maximum absolute atomic E-state index is 10.2. The van der Waals surface area contributed by atoms with Crippen molar-refractivity contribution in [2.75, 3.05) is 0 Å². The Labute approximate surface area is 131 Å². The fourth-order valence-corrected chi connectivity index (χ4v) is 2.95. The minimum absolute atomic E-state index is 0.0502. The van der Waals surface area contributed by atoms with Crippen LogP contribution in [0.1, 0.15) is 19.4 Å². The van der Waals surface area contributed by atoms with Crippen molar-refractivity contribution >= 4 is 33.5 Å². The van der Waals surface area contributed by atoms with Crippen molar-refractivity contribution in [3.63, 3.8) is 0 Å². The Morgan fingerprint density at radius 1 is 1.32 bits per heavy atom. The molecule has 0 atom stereocenters. The van der Waals surface area contributed by atoms with E-state index in [9.17, 15) is 5.11 Å². The summed E-state index contributed by atoms with van der Waals surface area (Å²) in [4.78, 5) is 21.0. The first kappa shape index (κ1) is 14.3. The van der Waals surface area contributed by atoms with Gasteiger partial charge in [-0.2, -0.15) is 4.98 Å². The number of allylic oxidation sites excluding steroid dienone is 1. The van der Waals surface area contributed by atoms with Gasteiger partial charge in [0.25, 0.3) is 0 Å². The van der Waals surface area contributed by atoms with Crippen molar-refractivity contribution in [1.82, 2.24) is 19.9 Å². The Balaban J connectivity index is 2.24. The molecule has 0 aromatic carbocycles. The van der Waals surface area contributed by atoms with E-state index in [1.165, 1.54) is 17.7 Å². The molecule has 3 rings (SSSR count). The van der Waals surface area contributed by atoms with Gasteiger partial charge in [-0.05, 0) is 19.9 Å². The van der Waals surface area contributed by atoms with Crippen LogP contribution in [-0.4, -0.2) is 31.3 Å². The average Bonchev–Trinajstić information content (AvgIpc) is 2.98. The number of aliphatic imine (C=N–C) groups is 1. The molecule has 0 fully saturated rings. The highest BCUT2D eigenvalue weighted by Crippen LogP contribution is 2.35. The summed E-state index contributed by atoms with van der Waals surface area (Å²) in [6, 6.07) is 1.70. The number of hydrogen-bond donors (Lipinski definition) is 1. The number of aromatic nitrogens is 4. The summed E-state index contributed by atoms with van der Waals surface area (Å²) in [7, 11) is 0. The van der Waals surface area contributed by atoms with Crippen LogP contribution in [0.15, 0.2) is 35.0 Å². The molecule has 0 amide bonds. The molecule has 1 N–H and O–H groups in total. The van der Waals surface area contributed by atoms with Crippen molar-refractivity contribution in [3.8, 4) is 17.4 Å². The molecule has 0 aliphatic carbocycles. The van der Waals surface area contributed by atoms with Gasteiger partial charge in [-0.15, -0.1) is 11.3 Å². The Bertz CT molecular complexity index is 870. The lowest BCUT2D eigenvalue weighted by atomic mass is 10.2. The van der Waals surface area contributed by atoms with E-state index in [4.69, 9.17) is 0 Å². The smallest absolute Gasteiger partial charge is 0.233 e. The van der Waals surface area contributed by atoms with Gasteiger partial charge in [-0.3, -0.25) is 4.99 Å². The van der Waals surface area contributed by atoms with Crippen LogP contribution in [0.5, 0.6) is 5.88 Å². The van der Waals surface area contributed by atoms with Crippen molar-refractivity contribution in [3.05, 3.63) is 35.6 Å². The molecule has 6 nitrogen and oxygen atoms in total. The molecule has 0 bridgehead atoms. The number of fused-ring (bicyclic) bond motifs is 1. The van der Waals surface area contributed by atoms with Gasteiger partial charge in [-0.1, -0.05) is 6.08 Å². The second-order valence-corrected chi connectivity index (χ2v) is 5.23. The van der Waals surface area contributed by atoms with Gasteiger partial charge < -0.3 is 5.11 Å². The summed E-state index contributed by atoms with van der Waals surface area (Å²) >= 11 is 1.39. The minimum Gasteiger partial charge on any atom is -0.492 e. The highest BCUT2D eigenvalue weighted by Gasteiger charge is 2.16. The first-order chi connectivity index (χ1) is 10.7. The SMILES string of the molecule is C/C=N\C(=C/C)c1csc2c(O)nc(-c3ccncn3)nc12. The summed E-state index contributed by atoms with van der Waals surface area (Å²) < 4.78 is 0.637. The molecule has 22 heavy (non-hydrogen) atoms. The van der Waals surface area contributed by atoms with Crippen LogP contribution in [0, 0.1) is 0 Å². The van der Waals surface area contributed by atoms with Gasteiger partial charge in [0.15, 0.2) is 5.82 Å². The lowest BCUT2D eigenvalue weighted by molar-refractivity contribution is 0.461. The van der Waals surface area contributed by atoms with E-state index >= 15 is 0 Å². The second-order valence-electron chi connectivity index (χ2n) is 4.35. The Morgan fingerprint density at radius 3 is 2.86 bits per heavy atom. The normalized spacial score (nSPS) is 12.4. The number of thiophene rings is 1. The molecule has 0 radical (unpaired) electrons. The van der Waals surface area contributed by atoms with Crippen LogP contribution >= 0.6 is 11.3 Å². The van der Waals surface area contributed by atoms with Gasteiger partial charge in [0.2, 0.25) is 5.88 Å². The second kappa shape index (κ2) is 5.98. The van der Waals surface area contributed by atoms with E-state index in [0.29, 0.717) is 21.7 Å². The largest absolute Gasteiger partial charge is 0.492 e. The lowest BCUT2D eigenvalue weighted by Crippen LogP contribution is -1.93. The quantitative estimate of drug-likeness (QED) is 0.750. The fraction of sp³-hybridized carbons (Fsp3) is 0.133. The maximum Gasteiger partial charge on any atom is 0.233 e. The summed E-state index contributed by atoms with van der Waals surface area (Å²) in [5.74, 6) is 0.314. The minimum atomic E-state index is -0.0502. The maximum atomic E-state index is 10.2. The van der Waals surface area contributed by atoms with Crippen molar-refractivity contribution < 1.29 is 5.11 Å². The van der Waals surface area contributed by atoms with Gasteiger partial charge in [-0.25, -0.2) is 15.0 Å². The third-order valence-electron chi connectivity index (χ3n) is 3.03. The zero-order valence-corrected chi connectivity index (χ0v) is 12.9. The molecular formula is C15H13N5OS. The standard InChI is InChI=1S/C15H13N5OS/c1-3-10(17-4-2)9-7-22-13-12(9)19-14(20-15(13)21)11-5-6-16-8-18-11/h3-8H,1-2H3,(H,19,20,21)/b10-3-,17-4-. The van der Waals surface area contributed by atoms with Crippen LogP contribution in [0.3, 0.4) is 0 Å². The van der Waals surface area contributed by atoms with Gasteiger partial charge in [0.05, 0.1) is 11.2 Å². The molecule has 0 unspecified atom stereocenters. The summed E-state index contributed by atoms with van der Waals surface area (Å²) in [6.45, 7) is 3.77. The highest BCUT2D eigenvalue weighted by atomic mass is 32.1. The topological polar surface area (TPSA) is 84.2 Å². The summed E-state index contributed by atoms with van der Waals surface area (Å²) in [6.07, 6.45) is 6.67. The zero-order valence-electron chi connectivity index (χ0n) is 12.1. The van der Waals surface area contributed by atoms with E-state index in [1.54, 1.807) is 18.5 Å². The first-order valence-electron chi connectivity index (χ1n) is 6.64. The molecule has 3 aromatic heterocycles.